The number of quaternary nitrogens is 1. The third kappa shape index (κ3) is 40.4. The molecule has 2 atom stereocenters. The van der Waals surface area contributed by atoms with Gasteiger partial charge >= 0.3 is 19.8 Å². The van der Waals surface area contributed by atoms with Crippen molar-refractivity contribution in [2.24, 2.45) is 0 Å². The minimum Gasteiger partial charge on any atom is -0.462 e. The molecule has 0 rings (SSSR count). The highest BCUT2D eigenvalue weighted by atomic mass is 31.2. The Morgan fingerprint density at radius 2 is 0.944 bits per heavy atom. The number of phosphoric ester groups is 1. The summed E-state index contributed by atoms with van der Waals surface area (Å²) < 4.78 is 34.3. The van der Waals surface area contributed by atoms with Crippen molar-refractivity contribution in [2.75, 3.05) is 47.5 Å². The highest BCUT2D eigenvalue weighted by Gasteiger charge is 2.27. The number of carbonyl (C=O) groups excluding carboxylic acids is 2. The fourth-order valence-corrected chi connectivity index (χ4v) is 6.99. The van der Waals surface area contributed by atoms with Gasteiger partial charge in [-0.15, -0.1) is 0 Å². The highest BCUT2D eigenvalue weighted by molar-refractivity contribution is 7.47. The highest BCUT2D eigenvalue weighted by Crippen LogP contribution is 2.43. The molecule has 0 aliphatic rings. The van der Waals surface area contributed by atoms with E-state index in [1.807, 2.05) is 21.1 Å². The Balaban J connectivity index is 4.34. The lowest BCUT2D eigenvalue weighted by Crippen LogP contribution is -2.37. The van der Waals surface area contributed by atoms with E-state index in [0.717, 1.165) is 51.4 Å². The van der Waals surface area contributed by atoms with Gasteiger partial charge in [0.15, 0.2) is 6.10 Å². The number of ether oxygens (including phenoxy) is 2. The number of phosphoric acid groups is 1. The van der Waals surface area contributed by atoms with Gasteiger partial charge in [0.2, 0.25) is 0 Å². The van der Waals surface area contributed by atoms with Gasteiger partial charge in [-0.1, -0.05) is 167 Å². The summed E-state index contributed by atoms with van der Waals surface area (Å²) >= 11 is 0. The molecule has 0 aliphatic heterocycles. The van der Waals surface area contributed by atoms with E-state index < -0.39 is 26.5 Å². The van der Waals surface area contributed by atoms with E-state index in [-0.39, 0.29) is 25.6 Å². The maximum atomic E-state index is 12.7. The third-order valence-corrected chi connectivity index (χ3v) is 10.8. The number of nitrogens with zero attached hydrogens (tertiary/aromatic N) is 1. The molecule has 0 amide bonds. The third-order valence-electron chi connectivity index (χ3n) is 9.80. The van der Waals surface area contributed by atoms with Crippen molar-refractivity contribution in [2.45, 2.75) is 213 Å². The fourth-order valence-electron chi connectivity index (χ4n) is 6.24. The Labute approximate surface area is 333 Å². The smallest absolute Gasteiger partial charge is 0.462 e. The van der Waals surface area contributed by atoms with Crippen LogP contribution in [0.25, 0.3) is 0 Å². The van der Waals surface area contributed by atoms with Gasteiger partial charge in [-0.3, -0.25) is 18.6 Å². The molecule has 320 valence electrons. The Bertz CT molecular complexity index is 938. The standard InChI is InChI=1S/C44H86NO8P/c1-6-8-10-12-14-16-18-20-22-24-26-28-30-32-34-36-43(46)50-40-42(41-52-54(48,49)51-39-38-45(3,4)5)53-44(47)37-35-33-31-29-27-25-23-21-19-17-15-13-11-9-7-2/h21,23,42H,6-20,22,24-41H2,1-5H3/p+1. The number of allylic oxidation sites excluding steroid dienone is 2. The van der Waals surface area contributed by atoms with Crippen molar-refractivity contribution < 1.29 is 42.1 Å². The molecule has 9 nitrogen and oxygen atoms in total. The van der Waals surface area contributed by atoms with Crippen molar-refractivity contribution in [3.05, 3.63) is 12.2 Å². The van der Waals surface area contributed by atoms with E-state index in [1.54, 1.807) is 0 Å². The van der Waals surface area contributed by atoms with E-state index in [1.165, 1.54) is 122 Å². The summed E-state index contributed by atoms with van der Waals surface area (Å²) in [4.78, 5) is 35.3. The molecule has 0 aromatic carbocycles. The summed E-state index contributed by atoms with van der Waals surface area (Å²) in [6.45, 7) is 4.43. The second kappa shape index (κ2) is 37.3. The van der Waals surface area contributed by atoms with Gasteiger partial charge in [-0.25, -0.2) is 4.57 Å². The molecule has 0 saturated carbocycles. The van der Waals surface area contributed by atoms with Gasteiger partial charge in [0.1, 0.15) is 19.8 Å². The first-order valence-corrected chi connectivity index (χ1v) is 23.9. The molecule has 0 aliphatic carbocycles. The van der Waals surface area contributed by atoms with Crippen LogP contribution in [0, 0.1) is 0 Å². The van der Waals surface area contributed by atoms with E-state index in [2.05, 4.69) is 26.0 Å². The van der Waals surface area contributed by atoms with Crippen molar-refractivity contribution in [1.29, 1.82) is 0 Å². The molecular weight excluding hydrogens is 701 g/mol. The quantitative estimate of drug-likeness (QED) is 0.0214. The second-order valence-corrected chi connectivity index (χ2v) is 17.9. The van der Waals surface area contributed by atoms with E-state index in [9.17, 15) is 19.0 Å². The minimum absolute atomic E-state index is 0.0332. The molecule has 0 fully saturated rings. The molecular formula is C44H87NO8P+. The Kier molecular flexibility index (Phi) is 36.5. The molecule has 0 bridgehead atoms. The first-order valence-electron chi connectivity index (χ1n) is 22.4. The lowest BCUT2D eigenvalue weighted by molar-refractivity contribution is -0.870. The van der Waals surface area contributed by atoms with Crippen LogP contribution in [0.2, 0.25) is 0 Å². The zero-order valence-corrected chi connectivity index (χ0v) is 36.9. The SMILES string of the molecule is CCCCCCCCC=CCCCCCCCC(=O)OC(COC(=O)CCCCCCCCCCCCCCCCC)COP(=O)(O)OCC[N+](C)(C)C. The molecule has 1 N–H and O–H groups in total. The van der Waals surface area contributed by atoms with Crippen LogP contribution >= 0.6 is 7.82 Å². The first kappa shape index (κ1) is 52.8. The molecule has 0 aromatic rings. The van der Waals surface area contributed by atoms with E-state index >= 15 is 0 Å². The van der Waals surface area contributed by atoms with Crippen LogP contribution in [0.1, 0.15) is 206 Å². The summed E-state index contributed by atoms with van der Waals surface area (Å²) in [5.74, 6) is -0.798. The van der Waals surface area contributed by atoms with Crippen LogP contribution < -0.4 is 0 Å². The zero-order chi connectivity index (χ0) is 40.0. The van der Waals surface area contributed by atoms with Crippen LogP contribution in [-0.2, 0) is 32.7 Å². The number of hydrogen-bond acceptors (Lipinski definition) is 7. The average molecular weight is 789 g/mol. The zero-order valence-electron chi connectivity index (χ0n) is 36.0. The Hall–Kier alpha value is -1.25. The second-order valence-electron chi connectivity index (χ2n) is 16.4. The molecule has 0 spiro atoms. The Morgan fingerprint density at radius 1 is 0.556 bits per heavy atom. The summed E-state index contributed by atoms with van der Waals surface area (Å²) in [6.07, 6.45) is 38.2. The summed E-state index contributed by atoms with van der Waals surface area (Å²) in [5, 5.41) is 0. The van der Waals surface area contributed by atoms with Crippen LogP contribution in [0.15, 0.2) is 12.2 Å². The summed E-state index contributed by atoms with van der Waals surface area (Å²) in [5.41, 5.74) is 0. The van der Waals surface area contributed by atoms with Crippen molar-refractivity contribution >= 4 is 19.8 Å². The van der Waals surface area contributed by atoms with Gasteiger partial charge in [-0.2, -0.15) is 0 Å². The van der Waals surface area contributed by atoms with Crippen LogP contribution in [-0.4, -0.2) is 74.9 Å². The van der Waals surface area contributed by atoms with E-state index in [4.69, 9.17) is 18.5 Å². The average Bonchev–Trinajstić information content (AvgIpc) is 3.12. The summed E-state index contributed by atoms with van der Waals surface area (Å²) in [6, 6.07) is 0. The van der Waals surface area contributed by atoms with Crippen molar-refractivity contribution in [3.8, 4) is 0 Å². The predicted octanol–water partition coefficient (Wildman–Crippen LogP) is 12.6. The monoisotopic (exact) mass is 789 g/mol. The molecule has 0 heterocycles. The van der Waals surface area contributed by atoms with Gasteiger partial charge < -0.3 is 18.9 Å². The molecule has 2 unspecified atom stereocenters. The topological polar surface area (TPSA) is 108 Å². The lowest BCUT2D eigenvalue weighted by atomic mass is 10.0. The summed E-state index contributed by atoms with van der Waals surface area (Å²) in [7, 11) is 1.48. The predicted molar refractivity (Wildman–Crippen MR) is 224 cm³/mol. The maximum absolute atomic E-state index is 12.7. The normalized spacial score (nSPS) is 13.7. The molecule has 0 aromatic heterocycles. The van der Waals surface area contributed by atoms with Crippen LogP contribution in [0.3, 0.4) is 0 Å². The van der Waals surface area contributed by atoms with Crippen molar-refractivity contribution in [1.82, 2.24) is 0 Å². The van der Waals surface area contributed by atoms with Crippen LogP contribution in [0.4, 0.5) is 0 Å². The maximum Gasteiger partial charge on any atom is 0.472 e. The fraction of sp³-hybridized carbons (Fsp3) is 0.909. The van der Waals surface area contributed by atoms with Gasteiger partial charge in [0.05, 0.1) is 27.7 Å². The van der Waals surface area contributed by atoms with E-state index in [0.29, 0.717) is 23.9 Å². The van der Waals surface area contributed by atoms with Crippen molar-refractivity contribution in [3.63, 3.8) is 0 Å². The largest absolute Gasteiger partial charge is 0.472 e. The van der Waals surface area contributed by atoms with Gasteiger partial charge in [-0.05, 0) is 38.5 Å². The number of unbranched alkanes of at least 4 members (excludes halogenated alkanes) is 25. The molecule has 0 saturated heterocycles. The van der Waals surface area contributed by atoms with Crippen LogP contribution in [0.5, 0.6) is 0 Å². The lowest BCUT2D eigenvalue weighted by Gasteiger charge is -2.24. The molecule has 0 radical (unpaired) electrons. The van der Waals surface area contributed by atoms with Gasteiger partial charge in [0.25, 0.3) is 0 Å². The number of hydrogen-bond donors (Lipinski definition) is 1. The number of likely N-dealkylation sites (N-methyl/N-ethyl adjacent to an activating group) is 1. The first-order chi connectivity index (χ1) is 26.0. The van der Waals surface area contributed by atoms with Gasteiger partial charge in [0, 0.05) is 12.8 Å². The Morgan fingerprint density at radius 3 is 1.37 bits per heavy atom. The number of rotatable bonds is 41. The number of esters is 2. The molecule has 10 heteroatoms. The minimum atomic E-state index is -4.37. The molecule has 54 heavy (non-hydrogen) atoms. The number of carbonyl (C=O) groups is 2.